The lowest BCUT2D eigenvalue weighted by Crippen LogP contribution is -2.52. The average molecular weight is 321 g/mol. The summed E-state index contributed by atoms with van der Waals surface area (Å²) in [7, 11) is 0. The number of rotatable bonds is 4. The number of carbonyl (C=O) groups is 1. The fraction of sp³-hybridized carbons (Fsp3) is 0.706. The van der Waals surface area contributed by atoms with Gasteiger partial charge in [-0.05, 0) is 51.9 Å². The summed E-state index contributed by atoms with van der Waals surface area (Å²) in [5.74, 6) is 0.927. The molecule has 0 spiro atoms. The first kappa shape index (κ1) is 16.3. The van der Waals surface area contributed by atoms with Gasteiger partial charge in [-0.1, -0.05) is 0 Å². The Morgan fingerprint density at radius 1 is 1.30 bits per heavy atom. The Morgan fingerprint density at radius 2 is 2.00 bits per heavy atom. The minimum absolute atomic E-state index is 0.0113. The number of carbonyl (C=O) groups excluding carboxylic acids is 1. The number of ether oxygens (including phenoxy) is 1. The van der Waals surface area contributed by atoms with E-state index < -0.39 is 0 Å². The van der Waals surface area contributed by atoms with E-state index in [0.29, 0.717) is 19.6 Å². The maximum absolute atomic E-state index is 12.5. The van der Waals surface area contributed by atoms with Crippen molar-refractivity contribution >= 4 is 6.03 Å². The van der Waals surface area contributed by atoms with Crippen LogP contribution in [0.4, 0.5) is 4.79 Å². The molecular weight excluding hydrogens is 294 g/mol. The maximum atomic E-state index is 12.5. The highest BCUT2D eigenvalue weighted by Crippen LogP contribution is 2.25. The molecule has 2 saturated heterocycles. The monoisotopic (exact) mass is 321 g/mol. The van der Waals surface area contributed by atoms with Crippen LogP contribution in [0.2, 0.25) is 0 Å². The average Bonchev–Trinajstić information content (AvgIpc) is 3.20. The van der Waals surface area contributed by atoms with Crippen molar-refractivity contribution in [3.05, 3.63) is 24.2 Å². The van der Waals surface area contributed by atoms with Crippen LogP contribution < -0.4 is 5.32 Å². The molecule has 0 aromatic carbocycles. The van der Waals surface area contributed by atoms with Gasteiger partial charge in [0.1, 0.15) is 5.76 Å². The van der Waals surface area contributed by atoms with Crippen molar-refractivity contribution in [1.82, 2.24) is 15.1 Å². The van der Waals surface area contributed by atoms with Gasteiger partial charge < -0.3 is 19.4 Å². The second-order valence-electron chi connectivity index (χ2n) is 6.62. The highest BCUT2D eigenvalue weighted by atomic mass is 16.5. The van der Waals surface area contributed by atoms with Gasteiger partial charge in [-0.15, -0.1) is 0 Å². The molecule has 2 aliphatic rings. The van der Waals surface area contributed by atoms with Gasteiger partial charge >= 0.3 is 6.03 Å². The fourth-order valence-electron chi connectivity index (χ4n) is 3.58. The number of furan rings is 1. The summed E-state index contributed by atoms with van der Waals surface area (Å²) in [6, 6.07) is 4.01. The topological polar surface area (TPSA) is 58.0 Å². The number of likely N-dealkylation sites (tertiary alicyclic amines) is 1. The van der Waals surface area contributed by atoms with E-state index in [1.54, 1.807) is 6.26 Å². The van der Waals surface area contributed by atoms with E-state index in [1.807, 2.05) is 30.9 Å². The Labute approximate surface area is 137 Å². The van der Waals surface area contributed by atoms with E-state index in [2.05, 4.69) is 10.2 Å². The molecule has 2 amide bonds. The van der Waals surface area contributed by atoms with Crippen LogP contribution in [0.1, 0.15) is 38.5 Å². The molecule has 6 heteroatoms. The van der Waals surface area contributed by atoms with Crippen molar-refractivity contribution in [2.24, 2.45) is 0 Å². The molecule has 2 aliphatic heterocycles. The second kappa shape index (κ2) is 7.36. The molecule has 3 atom stereocenters. The first-order valence-corrected chi connectivity index (χ1v) is 8.59. The molecule has 1 aromatic rings. The van der Waals surface area contributed by atoms with Crippen molar-refractivity contribution in [2.75, 3.05) is 32.7 Å². The first-order valence-electron chi connectivity index (χ1n) is 8.59. The van der Waals surface area contributed by atoms with E-state index >= 15 is 0 Å². The molecule has 1 N–H and O–H groups in total. The van der Waals surface area contributed by atoms with Gasteiger partial charge in [0, 0.05) is 19.6 Å². The molecule has 23 heavy (non-hydrogen) atoms. The molecular formula is C17H27N3O3. The number of nitrogens with zero attached hydrogens (tertiary/aromatic N) is 2. The molecule has 0 aliphatic carbocycles. The Morgan fingerprint density at radius 3 is 2.61 bits per heavy atom. The molecule has 0 saturated carbocycles. The fourth-order valence-corrected chi connectivity index (χ4v) is 3.58. The third-order valence-electron chi connectivity index (χ3n) is 4.61. The number of hydrogen-bond acceptors (Lipinski definition) is 4. The summed E-state index contributed by atoms with van der Waals surface area (Å²) in [5, 5.41) is 3.09. The van der Waals surface area contributed by atoms with Gasteiger partial charge in [0.15, 0.2) is 0 Å². The number of hydrogen-bond donors (Lipinski definition) is 1. The quantitative estimate of drug-likeness (QED) is 0.924. The van der Waals surface area contributed by atoms with Crippen molar-refractivity contribution in [2.45, 2.75) is 44.9 Å². The summed E-state index contributed by atoms with van der Waals surface area (Å²) in [4.78, 5) is 16.7. The van der Waals surface area contributed by atoms with Crippen molar-refractivity contribution in [1.29, 1.82) is 0 Å². The van der Waals surface area contributed by atoms with Gasteiger partial charge in [0.05, 0.1) is 24.5 Å². The van der Waals surface area contributed by atoms with Gasteiger partial charge in [0.2, 0.25) is 0 Å². The Kier molecular flexibility index (Phi) is 5.23. The van der Waals surface area contributed by atoms with Crippen LogP contribution in [0, 0.1) is 0 Å². The lowest BCUT2D eigenvalue weighted by Gasteiger charge is -2.36. The highest BCUT2D eigenvalue weighted by molar-refractivity contribution is 5.74. The van der Waals surface area contributed by atoms with Gasteiger partial charge in [0.25, 0.3) is 0 Å². The zero-order valence-corrected chi connectivity index (χ0v) is 14.0. The lowest BCUT2D eigenvalue weighted by atomic mass is 10.2. The Hall–Kier alpha value is -1.53. The maximum Gasteiger partial charge on any atom is 0.317 e. The van der Waals surface area contributed by atoms with Crippen LogP contribution in [0.15, 0.2) is 22.8 Å². The zero-order chi connectivity index (χ0) is 16.2. The lowest BCUT2D eigenvalue weighted by molar-refractivity contribution is -0.0546. The Balaban J connectivity index is 1.58. The number of urea groups is 1. The third kappa shape index (κ3) is 4.06. The van der Waals surface area contributed by atoms with Crippen LogP contribution in [-0.4, -0.2) is 60.8 Å². The molecule has 1 aromatic heterocycles. The SMILES string of the molecule is C[C@@H]1CN(C(=O)NC[C@H](c2ccco2)N2CCCC2)C[C@H](C)O1. The zero-order valence-electron chi connectivity index (χ0n) is 14.0. The van der Waals surface area contributed by atoms with Gasteiger partial charge in [-0.3, -0.25) is 4.90 Å². The number of nitrogens with one attached hydrogen (secondary N) is 1. The second-order valence-corrected chi connectivity index (χ2v) is 6.62. The predicted molar refractivity (Wildman–Crippen MR) is 87.2 cm³/mol. The minimum atomic E-state index is -0.0113. The molecule has 2 fully saturated rings. The predicted octanol–water partition coefficient (Wildman–Crippen LogP) is 2.24. The van der Waals surface area contributed by atoms with E-state index in [-0.39, 0.29) is 24.3 Å². The van der Waals surface area contributed by atoms with Crippen LogP contribution >= 0.6 is 0 Å². The molecule has 0 radical (unpaired) electrons. The summed E-state index contributed by atoms with van der Waals surface area (Å²) in [6.45, 7) is 8.00. The first-order chi connectivity index (χ1) is 11.1. The van der Waals surface area contributed by atoms with Crippen LogP contribution in [0.5, 0.6) is 0 Å². The summed E-state index contributed by atoms with van der Waals surface area (Å²) in [6.07, 6.45) is 4.30. The van der Waals surface area contributed by atoms with Crippen molar-refractivity contribution < 1.29 is 13.9 Å². The van der Waals surface area contributed by atoms with Gasteiger partial charge in [-0.2, -0.15) is 0 Å². The molecule has 3 heterocycles. The summed E-state index contributed by atoms with van der Waals surface area (Å²) < 4.78 is 11.3. The molecule has 6 nitrogen and oxygen atoms in total. The van der Waals surface area contributed by atoms with E-state index in [1.165, 1.54) is 12.8 Å². The van der Waals surface area contributed by atoms with Crippen LogP contribution in [-0.2, 0) is 4.74 Å². The number of morpholine rings is 1. The molecule has 128 valence electrons. The normalized spacial score (nSPS) is 27.1. The highest BCUT2D eigenvalue weighted by Gasteiger charge is 2.29. The smallest absolute Gasteiger partial charge is 0.317 e. The molecule has 0 unspecified atom stereocenters. The molecule has 0 bridgehead atoms. The summed E-state index contributed by atoms with van der Waals surface area (Å²) in [5.41, 5.74) is 0. The standard InChI is InChI=1S/C17H27N3O3/c1-13-11-20(12-14(2)23-13)17(21)18-10-15(16-6-5-9-22-16)19-7-3-4-8-19/h5-6,9,13-15H,3-4,7-8,10-12H2,1-2H3,(H,18,21)/t13-,14+,15-/m1/s1. The van der Waals surface area contributed by atoms with Crippen molar-refractivity contribution in [3.8, 4) is 0 Å². The molecule has 3 rings (SSSR count). The van der Waals surface area contributed by atoms with E-state index in [0.717, 1.165) is 18.8 Å². The van der Waals surface area contributed by atoms with Crippen molar-refractivity contribution in [3.63, 3.8) is 0 Å². The summed E-state index contributed by atoms with van der Waals surface area (Å²) >= 11 is 0. The van der Waals surface area contributed by atoms with Gasteiger partial charge in [-0.25, -0.2) is 4.79 Å². The Bertz CT molecular complexity index is 489. The van der Waals surface area contributed by atoms with Crippen LogP contribution in [0.3, 0.4) is 0 Å². The minimum Gasteiger partial charge on any atom is -0.468 e. The van der Waals surface area contributed by atoms with E-state index in [4.69, 9.17) is 9.15 Å². The number of amides is 2. The van der Waals surface area contributed by atoms with E-state index in [9.17, 15) is 4.79 Å². The van der Waals surface area contributed by atoms with Crippen LogP contribution in [0.25, 0.3) is 0 Å². The largest absolute Gasteiger partial charge is 0.468 e. The third-order valence-corrected chi connectivity index (χ3v) is 4.61.